The summed E-state index contributed by atoms with van der Waals surface area (Å²) in [6.45, 7) is 0.838. The molecule has 5 atom stereocenters. The van der Waals surface area contributed by atoms with Gasteiger partial charge in [-0.15, -0.1) is 0 Å². The maximum Gasteiger partial charge on any atom is 0.325 e. The van der Waals surface area contributed by atoms with Gasteiger partial charge < -0.3 is 64.6 Å². The zero-order valence-electron chi connectivity index (χ0n) is 29.2. The minimum absolute atomic E-state index is 0.0283. The van der Waals surface area contributed by atoms with Crippen LogP contribution in [0.5, 0.6) is 0 Å². The van der Waals surface area contributed by atoms with Gasteiger partial charge in [0.05, 0.1) is 26.1 Å². The predicted molar refractivity (Wildman–Crippen MR) is 186 cm³/mol. The summed E-state index contributed by atoms with van der Waals surface area (Å²) in [5.74, 6) is -9.02. The number of carbonyl (C=O) groups is 9. The van der Waals surface area contributed by atoms with Crippen LogP contribution in [0.1, 0.15) is 38.7 Å². The minimum atomic E-state index is -1.68. The van der Waals surface area contributed by atoms with Crippen LogP contribution in [0.25, 0.3) is 0 Å². The molecule has 0 radical (unpaired) electrons. The molecule has 22 heteroatoms. The lowest BCUT2D eigenvalue weighted by molar-refractivity contribution is -0.142. The monoisotopic (exact) mass is 749 g/mol. The van der Waals surface area contributed by atoms with Gasteiger partial charge in [-0.25, -0.2) is 0 Å². The van der Waals surface area contributed by atoms with E-state index in [9.17, 15) is 48.3 Å². The number of carboxylic acids is 2. The van der Waals surface area contributed by atoms with E-state index < -0.39 is 110 Å². The molecule has 0 aliphatic carbocycles. The van der Waals surface area contributed by atoms with Gasteiger partial charge >= 0.3 is 11.9 Å². The number of aliphatic carboxylic acids is 2. The van der Waals surface area contributed by atoms with Crippen molar-refractivity contribution in [3.63, 3.8) is 0 Å². The molecule has 1 rings (SSSR count). The van der Waals surface area contributed by atoms with Gasteiger partial charge in [-0.05, 0) is 32.3 Å². The first-order chi connectivity index (χ1) is 24.9. The average Bonchev–Trinajstić information content (AvgIpc) is 3.09. The molecule has 7 amide bonds. The van der Waals surface area contributed by atoms with Gasteiger partial charge in [0, 0.05) is 13.0 Å². The molecule has 0 aromatic heterocycles. The number of nitrogens with two attached hydrogens (primary N) is 3. The van der Waals surface area contributed by atoms with Crippen molar-refractivity contribution in [2.45, 2.75) is 69.7 Å². The van der Waals surface area contributed by atoms with Crippen LogP contribution in [-0.4, -0.2) is 126 Å². The number of benzene rings is 1. The molecule has 0 heterocycles. The first kappa shape index (κ1) is 44.7. The molecule has 15 N–H and O–H groups in total. The molecule has 53 heavy (non-hydrogen) atoms. The van der Waals surface area contributed by atoms with Crippen LogP contribution < -0.4 is 54.4 Å². The molecule has 0 unspecified atom stereocenters. The van der Waals surface area contributed by atoms with Crippen molar-refractivity contribution in [1.29, 1.82) is 0 Å². The quantitative estimate of drug-likeness (QED) is 0.0282. The maximum atomic E-state index is 13.2. The molecule has 22 nitrogen and oxygen atoms in total. The number of nitrogens with zero attached hydrogens (tertiary/aromatic N) is 1. The van der Waals surface area contributed by atoms with Crippen LogP contribution in [0.15, 0.2) is 35.3 Å². The second kappa shape index (κ2) is 23.2. The Labute approximate surface area is 303 Å². The fourth-order valence-corrected chi connectivity index (χ4v) is 4.30. The third kappa shape index (κ3) is 18.5. The number of nitrogens with one attached hydrogen (secondary N) is 7. The van der Waals surface area contributed by atoms with E-state index in [1.54, 1.807) is 30.3 Å². The summed E-state index contributed by atoms with van der Waals surface area (Å²) in [5, 5.41) is 34.5. The Morgan fingerprint density at radius 1 is 0.679 bits per heavy atom. The molecule has 0 bridgehead atoms. The highest BCUT2D eigenvalue weighted by atomic mass is 16.4. The summed E-state index contributed by atoms with van der Waals surface area (Å²) >= 11 is 0. The number of aliphatic imine (C=N–C) groups is 1. The van der Waals surface area contributed by atoms with Crippen molar-refractivity contribution in [2.75, 3.05) is 26.2 Å². The minimum Gasteiger partial charge on any atom is -0.481 e. The molecule has 0 aliphatic rings. The van der Waals surface area contributed by atoms with E-state index in [4.69, 9.17) is 22.3 Å². The Hall–Kier alpha value is -6.32. The molecule has 1 aromatic rings. The van der Waals surface area contributed by atoms with Crippen molar-refractivity contribution in [1.82, 2.24) is 37.2 Å². The van der Waals surface area contributed by atoms with Crippen LogP contribution >= 0.6 is 0 Å². The Kier molecular flexibility index (Phi) is 19.6. The molecule has 1 aromatic carbocycles. The molecular formula is C31H47N11O11. The topological polar surface area (TPSA) is 369 Å². The molecule has 0 aliphatic heterocycles. The summed E-state index contributed by atoms with van der Waals surface area (Å²) in [4.78, 5) is 115. The predicted octanol–water partition coefficient (Wildman–Crippen LogP) is -5.50. The van der Waals surface area contributed by atoms with Gasteiger partial charge in [0.25, 0.3) is 0 Å². The first-order valence-electron chi connectivity index (χ1n) is 16.2. The van der Waals surface area contributed by atoms with E-state index in [1.807, 2.05) is 0 Å². The zero-order valence-corrected chi connectivity index (χ0v) is 29.2. The number of carboxylic acid groups (broad SMARTS) is 2. The highest BCUT2D eigenvalue weighted by Gasteiger charge is 2.30. The van der Waals surface area contributed by atoms with Gasteiger partial charge in [0.2, 0.25) is 41.4 Å². The van der Waals surface area contributed by atoms with Crippen molar-refractivity contribution in [3.05, 3.63) is 35.9 Å². The smallest absolute Gasteiger partial charge is 0.325 e. The van der Waals surface area contributed by atoms with Gasteiger partial charge in [-0.2, -0.15) is 0 Å². The number of guanidine groups is 1. The third-order valence-corrected chi connectivity index (χ3v) is 7.08. The SMILES string of the molecule is C[C@H](NC(=O)[C@H](C)NC(=O)[C@H](Cc1ccccc1)NC(=O)CNC(=O)[C@H](CCCN=C(N)N)NC(=O)[C@H](CC(=O)O)NC(=O)CNC(=O)CN)C(=O)O. The lowest BCUT2D eigenvalue weighted by Crippen LogP contribution is -2.57. The largest absolute Gasteiger partial charge is 0.481 e. The molecular weight excluding hydrogens is 702 g/mol. The molecule has 0 saturated carbocycles. The Morgan fingerprint density at radius 2 is 1.25 bits per heavy atom. The molecule has 0 fully saturated rings. The summed E-state index contributed by atoms with van der Waals surface area (Å²) < 4.78 is 0. The fourth-order valence-electron chi connectivity index (χ4n) is 4.30. The zero-order chi connectivity index (χ0) is 40.1. The van der Waals surface area contributed by atoms with Crippen LogP contribution in [-0.2, 0) is 49.6 Å². The summed E-state index contributed by atoms with van der Waals surface area (Å²) in [5.41, 5.74) is 16.5. The van der Waals surface area contributed by atoms with Crippen molar-refractivity contribution >= 4 is 59.2 Å². The van der Waals surface area contributed by atoms with Crippen LogP contribution in [0.3, 0.4) is 0 Å². The third-order valence-electron chi connectivity index (χ3n) is 7.08. The Bertz CT molecular complexity index is 1500. The van der Waals surface area contributed by atoms with Crippen molar-refractivity contribution in [2.24, 2.45) is 22.2 Å². The second-order valence-electron chi connectivity index (χ2n) is 11.5. The van der Waals surface area contributed by atoms with Gasteiger partial charge in [0.1, 0.15) is 30.2 Å². The van der Waals surface area contributed by atoms with E-state index in [1.165, 1.54) is 13.8 Å². The van der Waals surface area contributed by atoms with Crippen molar-refractivity contribution < 1.29 is 53.4 Å². The van der Waals surface area contributed by atoms with Gasteiger partial charge in [-0.3, -0.25) is 48.1 Å². The van der Waals surface area contributed by atoms with E-state index in [0.717, 1.165) is 0 Å². The maximum absolute atomic E-state index is 13.2. The van der Waals surface area contributed by atoms with Gasteiger partial charge in [0.15, 0.2) is 5.96 Å². The summed E-state index contributed by atoms with van der Waals surface area (Å²) in [6.07, 6.45) is -0.922. The summed E-state index contributed by atoms with van der Waals surface area (Å²) in [7, 11) is 0. The highest BCUT2D eigenvalue weighted by molar-refractivity contribution is 5.97. The molecule has 292 valence electrons. The molecule has 0 spiro atoms. The number of amides is 7. The fraction of sp³-hybridized carbons (Fsp3) is 0.484. The van der Waals surface area contributed by atoms with E-state index in [2.05, 4.69) is 42.2 Å². The standard InChI is InChI=1S/C31H47N11O11/c1-16(26(48)39-17(2)30(52)53)38-28(50)20(11-18-7-4-3-5-8-18)40-24(45)15-37-27(49)19(9-6-10-35-31(33)34)42-29(51)21(12-25(46)47)41-23(44)14-36-22(43)13-32/h3-5,7-8,16-17,19-21H,6,9-15,32H2,1-2H3,(H,36,43)(H,37,49)(H,38,50)(H,39,48)(H,40,45)(H,41,44)(H,42,51)(H,46,47)(H,52,53)(H4,33,34,35)/t16-,17-,19-,20-,21-/m0/s1. The number of hydrogen-bond donors (Lipinski definition) is 12. The van der Waals surface area contributed by atoms with Gasteiger partial charge in [-0.1, -0.05) is 30.3 Å². The number of rotatable bonds is 23. The van der Waals surface area contributed by atoms with Crippen molar-refractivity contribution in [3.8, 4) is 0 Å². The number of carbonyl (C=O) groups excluding carboxylic acids is 7. The lowest BCUT2D eigenvalue weighted by atomic mass is 10.0. The highest BCUT2D eigenvalue weighted by Crippen LogP contribution is 2.05. The Morgan fingerprint density at radius 3 is 1.81 bits per heavy atom. The average molecular weight is 750 g/mol. The summed E-state index contributed by atoms with van der Waals surface area (Å²) in [6, 6.07) is 1.73. The van der Waals surface area contributed by atoms with E-state index in [-0.39, 0.29) is 31.8 Å². The van der Waals surface area contributed by atoms with Crippen LogP contribution in [0.2, 0.25) is 0 Å². The van der Waals surface area contributed by atoms with E-state index in [0.29, 0.717) is 5.56 Å². The molecule has 0 saturated heterocycles. The number of hydrogen-bond acceptors (Lipinski definition) is 11. The van der Waals surface area contributed by atoms with Crippen LogP contribution in [0, 0.1) is 0 Å². The van der Waals surface area contributed by atoms with E-state index >= 15 is 0 Å². The normalized spacial score (nSPS) is 13.3. The van der Waals surface area contributed by atoms with Crippen LogP contribution in [0.4, 0.5) is 0 Å². The first-order valence-corrected chi connectivity index (χ1v) is 16.2. The lowest BCUT2D eigenvalue weighted by Gasteiger charge is -2.23. The Balaban J connectivity index is 3.08. The second-order valence-corrected chi connectivity index (χ2v) is 11.5.